The largest absolute Gasteiger partial charge is 0.390 e. The zero-order valence-corrected chi connectivity index (χ0v) is 13.4. The summed E-state index contributed by atoms with van der Waals surface area (Å²) in [7, 11) is 0. The number of rotatable bonds is 3. The zero-order valence-electron chi connectivity index (χ0n) is 13.4. The summed E-state index contributed by atoms with van der Waals surface area (Å²) in [5.74, 6) is 0.323. The normalized spacial score (nSPS) is 19.5. The van der Waals surface area contributed by atoms with Gasteiger partial charge in [0.15, 0.2) is 0 Å². The Bertz CT molecular complexity index is 712. The van der Waals surface area contributed by atoms with Crippen molar-refractivity contribution in [3.8, 4) is 0 Å². The second kappa shape index (κ2) is 6.42. The minimum atomic E-state index is -0.585. The highest BCUT2D eigenvalue weighted by molar-refractivity contribution is 5.90. The molecule has 1 aliphatic rings. The van der Waals surface area contributed by atoms with Crippen LogP contribution in [0.1, 0.15) is 42.5 Å². The van der Waals surface area contributed by atoms with Crippen LogP contribution in [0.5, 0.6) is 0 Å². The maximum Gasteiger partial charge on any atom is 0.319 e. The number of amides is 2. The van der Waals surface area contributed by atoms with Crippen molar-refractivity contribution in [1.82, 2.24) is 5.32 Å². The lowest BCUT2D eigenvalue weighted by Crippen LogP contribution is -2.37. The predicted molar refractivity (Wildman–Crippen MR) is 91.6 cm³/mol. The summed E-state index contributed by atoms with van der Waals surface area (Å²) in [5, 5.41) is 16.0. The molecule has 2 amide bonds. The predicted octanol–water partition coefficient (Wildman–Crippen LogP) is 3.59. The number of hydrogen-bond donors (Lipinski definition) is 3. The molecule has 0 aliphatic heterocycles. The highest BCUT2D eigenvalue weighted by Gasteiger charge is 2.31. The Hall–Kier alpha value is -2.33. The molecule has 1 aliphatic carbocycles. The molecule has 3 rings (SSSR count). The van der Waals surface area contributed by atoms with Crippen LogP contribution >= 0.6 is 0 Å². The molecule has 2 aromatic rings. The van der Waals surface area contributed by atoms with Crippen LogP contribution in [-0.4, -0.2) is 17.2 Å². The third-order valence-electron chi connectivity index (χ3n) is 4.32. The molecule has 4 heteroatoms. The fourth-order valence-corrected chi connectivity index (χ4v) is 3.16. The molecule has 23 heavy (non-hydrogen) atoms. The van der Waals surface area contributed by atoms with Gasteiger partial charge >= 0.3 is 6.03 Å². The lowest BCUT2D eigenvalue weighted by molar-refractivity contribution is 0.144. The number of para-hydroxylation sites is 1. The SMILES string of the molecule is CC(C)c1ccccc1NC(=O)N[C@H]1c2ccccc2C[C@H]1O. The van der Waals surface area contributed by atoms with E-state index in [1.807, 2.05) is 48.5 Å². The lowest BCUT2D eigenvalue weighted by atomic mass is 10.0. The third-order valence-corrected chi connectivity index (χ3v) is 4.32. The second-order valence-corrected chi connectivity index (χ2v) is 6.29. The molecule has 0 bridgehead atoms. The number of aliphatic hydroxyl groups is 1. The van der Waals surface area contributed by atoms with Gasteiger partial charge in [-0.05, 0) is 28.7 Å². The van der Waals surface area contributed by atoms with E-state index < -0.39 is 6.10 Å². The van der Waals surface area contributed by atoms with Crippen molar-refractivity contribution in [3.05, 3.63) is 65.2 Å². The van der Waals surface area contributed by atoms with Crippen molar-refractivity contribution in [1.29, 1.82) is 0 Å². The van der Waals surface area contributed by atoms with Crippen LogP contribution in [0.25, 0.3) is 0 Å². The van der Waals surface area contributed by atoms with Gasteiger partial charge in [0.1, 0.15) is 0 Å². The van der Waals surface area contributed by atoms with Crippen molar-refractivity contribution < 1.29 is 9.90 Å². The molecule has 0 spiro atoms. The summed E-state index contributed by atoms with van der Waals surface area (Å²) in [5.41, 5.74) is 3.98. The van der Waals surface area contributed by atoms with E-state index >= 15 is 0 Å². The minimum absolute atomic E-state index is 0.293. The number of carbonyl (C=O) groups excluding carboxylic acids is 1. The van der Waals surface area contributed by atoms with Gasteiger partial charge in [-0.15, -0.1) is 0 Å². The molecule has 4 nitrogen and oxygen atoms in total. The van der Waals surface area contributed by atoms with Gasteiger partial charge in [0, 0.05) is 12.1 Å². The zero-order chi connectivity index (χ0) is 16.4. The average molecular weight is 310 g/mol. The summed E-state index contributed by atoms with van der Waals surface area (Å²) in [6.07, 6.45) is -0.0116. The van der Waals surface area contributed by atoms with Gasteiger partial charge in [-0.1, -0.05) is 56.3 Å². The van der Waals surface area contributed by atoms with Crippen LogP contribution < -0.4 is 10.6 Å². The summed E-state index contributed by atoms with van der Waals surface area (Å²) >= 11 is 0. The van der Waals surface area contributed by atoms with Gasteiger partial charge in [-0.2, -0.15) is 0 Å². The number of fused-ring (bicyclic) bond motifs is 1. The lowest BCUT2D eigenvalue weighted by Gasteiger charge is -2.20. The summed E-state index contributed by atoms with van der Waals surface area (Å²) in [4.78, 5) is 12.4. The van der Waals surface area contributed by atoms with Crippen molar-refractivity contribution in [2.75, 3.05) is 5.32 Å². The second-order valence-electron chi connectivity index (χ2n) is 6.29. The first-order chi connectivity index (χ1) is 11.1. The molecule has 3 N–H and O–H groups in total. The first-order valence-corrected chi connectivity index (χ1v) is 7.98. The van der Waals surface area contributed by atoms with E-state index in [1.165, 1.54) is 0 Å². The van der Waals surface area contributed by atoms with E-state index in [1.54, 1.807) is 0 Å². The van der Waals surface area contributed by atoms with Crippen molar-refractivity contribution in [3.63, 3.8) is 0 Å². The number of carbonyl (C=O) groups is 1. The monoisotopic (exact) mass is 310 g/mol. The fourth-order valence-electron chi connectivity index (χ4n) is 3.16. The van der Waals surface area contributed by atoms with Gasteiger partial charge in [0.2, 0.25) is 0 Å². The van der Waals surface area contributed by atoms with Gasteiger partial charge < -0.3 is 15.7 Å². The van der Waals surface area contributed by atoms with Gasteiger partial charge in [0.25, 0.3) is 0 Å². The molecule has 0 saturated carbocycles. The highest BCUT2D eigenvalue weighted by atomic mass is 16.3. The fraction of sp³-hybridized carbons (Fsp3) is 0.316. The number of urea groups is 1. The van der Waals surface area contributed by atoms with E-state index in [0.717, 1.165) is 22.4 Å². The Labute approximate surface area is 136 Å². The van der Waals surface area contributed by atoms with Crippen LogP contribution in [0.4, 0.5) is 10.5 Å². The number of aliphatic hydroxyl groups excluding tert-OH is 1. The Balaban J connectivity index is 1.74. The smallest absolute Gasteiger partial charge is 0.319 e. The van der Waals surface area contributed by atoms with Gasteiger partial charge in [-0.3, -0.25) is 0 Å². The molecule has 0 unspecified atom stereocenters. The standard InChI is InChI=1S/C19H22N2O2/c1-12(2)14-8-5-6-10-16(14)20-19(23)21-18-15-9-4-3-7-13(15)11-17(18)22/h3-10,12,17-18,22H,11H2,1-2H3,(H2,20,21,23)/t17-,18+/m1/s1. The summed E-state index contributed by atoms with van der Waals surface area (Å²) < 4.78 is 0. The third kappa shape index (κ3) is 3.22. The molecule has 0 heterocycles. The van der Waals surface area contributed by atoms with Crippen molar-refractivity contribution in [2.45, 2.75) is 38.3 Å². The Morgan fingerprint density at radius 1 is 1.13 bits per heavy atom. The molecule has 0 fully saturated rings. The number of hydrogen-bond acceptors (Lipinski definition) is 2. The van der Waals surface area contributed by atoms with Crippen molar-refractivity contribution >= 4 is 11.7 Å². The molecule has 0 aromatic heterocycles. The molecule has 0 saturated heterocycles. The van der Waals surface area contributed by atoms with Crippen LogP contribution in [0.2, 0.25) is 0 Å². The first-order valence-electron chi connectivity index (χ1n) is 7.98. The molecule has 2 aromatic carbocycles. The maximum atomic E-state index is 12.4. The average Bonchev–Trinajstić information content (AvgIpc) is 2.83. The number of nitrogens with one attached hydrogen (secondary N) is 2. The van der Waals surface area contributed by atoms with E-state index in [9.17, 15) is 9.90 Å². The summed E-state index contributed by atoms with van der Waals surface area (Å²) in [6, 6.07) is 15.0. The summed E-state index contributed by atoms with van der Waals surface area (Å²) in [6.45, 7) is 4.19. The van der Waals surface area contributed by atoms with Crippen LogP contribution in [0.15, 0.2) is 48.5 Å². The molecule has 0 radical (unpaired) electrons. The van der Waals surface area contributed by atoms with Crippen molar-refractivity contribution in [2.24, 2.45) is 0 Å². The Morgan fingerprint density at radius 2 is 1.83 bits per heavy atom. The highest BCUT2D eigenvalue weighted by Crippen LogP contribution is 2.31. The molecule has 2 atom stereocenters. The van der Waals surface area contributed by atoms with Crippen LogP contribution in [-0.2, 0) is 6.42 Å². The quantitative estimate of drug-likeness (QED) is 0.811. The van der Waals surface area contributed by atoms with Crippen LogP contribution in [0, 0.1) is 0 Å². The minimum Gasteiger partial charge on any atom is -0.390 e. The molecule has 120 valence electrons. The van der Waals surface area contributed by atoms with E-state index in [0.29, 0.717) is 12.3 Å². The molecular formula is C19H22N2O2. The van der Waals surface area contributed by atoms with Crippen LogP contribution in [0.3, 0.4) is 0 Å². The number of benzene rings is 2. The number of anilines is 1. The van der Waals surface area contributed by atoms with Gasteiger partial charge in [-0.25, -0.2) is 4.79 Å². The maximum absolute atomic E-state index is 12.4. The first kappa shape index (κ1) is 15.6. The van der Waals surface area contributed by atoms with E-state index in [-0.39, 0.29) is 12.1 Å². The Morgan fingerprint density at radius 3 is 2.61 bits per heavy atom. The molecular weight excluding hydrogens is 288 g/mol. The topological polar surface area (TPSA) is 61.4 Å². The van der Waals surface area contributed by atoms with E-state index in [4.69, 9.17) is 0 Å². The van der Waals surface area contributed by atoms with Gasteiger partial charge in [0.05, 0.1) is 12.1 Å². The van der Waals surface area contributed by atoms with E-state index in [2.05, 4.69) is 24.5 Å². The Kier molecular flexibility index (Phi) is 4.35.